The molecule has 0 fully saturated rings. The van der Waals surface area contributed by atoms with Crippen LogP contribution < -0.4 is 10.2 Å². The number of rotatable bonds is 5. The van der Waals surface area contributed by atoms with Crippen LogP contribution >= 0.6 is 27.3 Å². The van der Waals surface area contributed by atoms with Gasteiger partial charge in [-0.05, 0) is 46.7 Å². The van der Waals surface area contributed by atoms with Crippen LogP contribution in [0.25, 0.3) is 0 Å². The molecule has 0 bridgehead atoms. The molecule has 1 aromatic heterocycles. The third-order valence-corrected chi connectivity index (χ3v) is 4.46. The van der Waals surface area contributed by atoms with Crippen molar-refractivity contribution in [2.75, 3.05) is 19.0 Å². The summed E-state index contributed by atoms with van der Waals surface area (Å²) in [6, 6.07) is 10.9. The molecule has 4 heteroatoms. The summed E-state index contributed by atoms with van der Waals surface area (Å²) in [6.45, 7) is 1.86. The van der Waals surface area contributed by atoms with Crippen molar-refractivity contribution >= 4 is 33.0 Å². The van der Waals surface area contributed by atoms with Crippen molar-refractivity contribution in [1.29, 1.82) is 0 Å². The molecule has 0 aliphatic carbocycles. The van der Waals surface area contributed by atoms with Crippen LogP contribution in [0, 0.1) is 0 Å². The van der Waals surface area contributed by atoms with Crippen LogP contribution in [0.15, 0.2) is 40.2 Å². The highest BCUT2D eigenvalue weighted by Gasteiger charge is 2.04. The van der Waals surface area contributed by atoms with E-state index in [1.165, 1.54) is 20.6 Å². The second-order valence-corrected chi connectivity index (χ2v) is 6.20. The van der Waals surface area contributed by atoms with E-state index in [9.17, 15) is 0 Å². The van der Waals surface area contributed by atoms with Gasteiger partial charge in [-0.25, -0.2) is 0 Å². The maximum absolute atomic E-state index is 3.49. The molecule has 0 atom stereocenters. The zero-order chi connectivity index (χ0) is 13.0. The summed E-state index contributed by atoms with van der Waals surface area (Å²) in [5.41, 5.74) is 2.56. The summed E-state index contributed by atoms with van der Waals surface area (Å²) in [7, 11) is 4.09. The second kappa shape index (κ2) is 6.36. The minimum atomic E-state index is 0.919. The Morgan fingerprint density at radius 3 is 2.56 bits per heavy atom. The fourth-order valence-electron chi connectivity index (χ4n) is 1.83. The summed E-state index contributed by atoms with van der Waals surface area (Å²) in [5.74, 6) is 0. The Morgan fingerprint density at radius 2 is 2.00 bits per heavy atom. The molecule has 0 amide bonds. The highest BCUT2D eigenvalue weighted by atomic mass is 79.9. The standard InChI is InChI=1S/C14H17BrN2S/c1-16-8-11-3-5-13(6-4-11)17(2)9-14-7-12(15)10-18-14/h3-7,10,16H,8-9H2,1-2H3. The van der Waals surface area contributed by atoms with Crippen molar-refractivity contribution in [2.24, 2.45) is 0 Å². The molecule has 2 nitrogen and oxygen atoms in total. The highest BCUT2D eigenvalue weighted by Crippen LogP contribution is 2.23. The summed E-state index contributed by atoms with van der Waals surface area (Å²) in [4.78, 5) is 3.63. The normalized spacial score (nSPS) is 10.6. The van der Waals surface area contributed by atoms with Crippen molar-refractivity contribution in [1.82, 2.24) is 5.32 Å². The predicted octanol–water partition coefficient (Wildman–Crippen LogP) is 3.87. The van der Waals surface area contributed by atoms with Crippen molar-refractivity contribution in [3.63, 3.8) is 0 Å². The molecule has 1 aromatic carbocycles. The third kappa shape index (κ3) is 3.57. The number of nitrogens with one attached hydrogen (secondary N) is 1. The SMILES string of the molecule is CNCc1ccc(N(C)Cc2cc(Br)cs2)cc1. The Bertz CT molecular complexity index is 493. The zero-order valence-electron chi connectivity index (χ0n) is 10.6. The fraction of sp³-hybridized carbons (Fsp3) is 0.286. The van der Waals surface area contributed by atoms with Crippen molar-refractivity contribution in [3.8, 4) is 0 Å². The zero-order valence-corrected chi connectivity index (χ0v) is 13.0. The van der Waals surface area contributed by atoms with E-state index in [4.69, 9.17) is 0 Å². The molecule has 0 radical (unpaired) electrons. The van der Waals surface area contributed by atoms with Crippen LogP contribution in [0.4, 0.5) is 5.69 Å². The minimum Gasteiger partial charge on any atom is -0.369 e. The minimum absolute atomic E-state index is 0.919. The lowest BCUT2D eigenvalue weighted by molar-refractivity contribution is 0.817. The van der Waals surface area contributed by atoms with Crippen molar-refractivity contribution < 1.29 is 0 Å². The predicted molar refractivity (Wildman–Crippen MR) is 83.3 cm³/mol. The molecule has 2 rings (SSSR count). The molecule has 96 valence electrons. The van der Waals surface area contributed by atoms with Crippen molar-refractivity contribution in [3.05, 3.63) is 50.6 Å². The van der Waals surface area contributed by atoms with Gasteiger partial charge < -0.3 is 10.2 Å². The average Bonchev–Trinajstić information content (AvgIpc) is 2.76. The summed E-state index contributed by atoms with van der Waals surface area (Å²) >= 11 is 5.28. The van der Waals surface area contributed by atoms with Crippen LogP contribution in [0.3, 0.4) is 0 Å². The molecular weight excluding hydrogens is 308 g/mol. The van der Waals surface area contributed by atoms with Crippen LogP contribution in [-0.4, -0.2) is 14.1 Å². The van der Waals surface area contributed by atoms with Gasteiger partial charge in [0.05, 0.1) is 6.54 Å². The molecule has 0 saturated heterocycles. The first kappa shape index (κ1) is 13.6. The van der Waals surface area contributed by atoms with Gasteiger partial charge in [0.15, 0.2) is 0 Å². The van der Waals surface area contributed by atoms with Gasteiger partial charge in [0.25, 0.3) is 0 Å². The first-order valence-electron chi connectivity index (χ1n) is 5.86. The molecule has 18 heavy (non-hydrogen) atoms. The molecular formula is C14H17BrN2S. The molecule has 1 heterocycles. The number of hydrogen-bond donors (Lipinski definition) is 1. The van der Waals surface area contributed by atoms with Gasteiger partial charge in [-0.2, -0.15) is 0 Å². The van der Waals surface area contributed by atoms with Crippen LogP contribution in [0.1, 0.15) is 10.4 Å². The largest absolute Gasteiger partial charge is 0.369 e. The topological polar surface area (TPSA) is 15.3 Å². The van der Waals surface area contributed by atoms with Gasteiger partial charge >= 0.3 is 0 Å². The summed E-state index contributed by atoms with van der Waals surface area (Å²) in [6.07, 6.45) is 0. The molecule has 1 N–H and O–H groups in total. The van der Waals surface area contributed by atoms with Gasteiger partial charge in [0.1, 0.15) is 0 Å². The second-order valence-electron chi connectivity index (χ2n) is 4.28. The Labute approximate surface area is 121 Å². The highest BCUT2D eigenvalue weighted by molar-refractivity contribution is 9.10. The van der Waals surface area contributed by atoms with Crippen molar-refractivity contribution in [2.45, 2.75) is 13.1 Å². The fourth-order valence-corrected chi connectivity index (χ4v) is 3.34. The lowest BCUT2D eigenvalue weighted by Crippen LogP contribution is -2.15. The van der Waals surface area contributed by atoms with Crippen LogP contribution in [0.2, 0.25) is 0 Å². The Morgan fingerprint density at radius 1 is 1.28 bits per heavy atom. The molecule has 0 aliphatic rings. The number of benzene rings is 1. The monoisotopic (exact) mass is 324 g/mol. The van der Waals surface area contributed by atoms with E-state index in [-0.39, 0.29) is 0 Å². The summed E-state index contributed by atoms with van der Waals surface area (Å²) in [5, 5.41) is 5.28. The van der Waals surface area contributed by atoms with E-state index in [0.29, 0.717) is 0 Å². The average molecular weight is 325 g/mol. The van der Waals surface area contributed by atoms with E-state index >= 15 is 0 Å². The van der Waals surface area contributed by atoms with E-state index in [1.54, 1.807) is 11.3 Å². The van der Waals surface area contributed by atoms with E-state index in [0.717, 1.165) is 13.1 Å². The number of thiophene rings is 1. The quantitative estimate of drug-likeness (QED) is 0.898. The maximum atomic E-state index is 3.49. The molecule has 0 unspecified atom stereocenters. The lowest BCUT2D eigenvalue weighted by atomic mass is 10.2. The molecule has 2 aromatic rings. The van der Waals surface area contributed by atoms with Crippen LogP contribution in [-0.2, 0) is 13.1 Å². The smallest absolute Gasteiger partial charge is 0.0519 e. The lowest BCUT2D eigenvalue weighted by Gasteiger charge is -2.18. The van der Waals surface area contributed by atoms with Gasteiger partial charge in [-0.15, -0.1) is 11.3 Å². The first-order chi connectivity index (χ1) is 8.69. The maximum Gasteiger partial charge on any atom is 0.0519 e. The number of anilines is 1. The van der Waals surface area contributed by atoms with Gasteiger partial charge in [0, 0.05) is 34.0 Å². The molecule has 0 spiro atoms. The Kier molecular flexibility index (Phi) is 4.80. The number of nitrogens with zero attached hydrogens (tertiary/aromatic N) is 1. The number of halogens is 1. The van der Waals surface area contributed by atoms with Gasteiger partial charge in [0.2, 0.25) is 0 Å². The molecule has 0 saturated carbocycles. The molecule has 0 aliphatic heterocycles. The summed E-state index contributed by atoms with van der Waals surface area (Å²) < 4.78 is 1.17. The van der Waals surface area contributed by atoms with E-state index in [2.05, 4.69) is 68.9 Å². The Hall–Kier alpha value is -0.840. The van der Waals surface area contributed by atoms with E-state index in [1.807, 2.05) is 7.05 Å². The number of hydrogen-bond acceptors (Lipinski definition) is 3. The Balaban J connectivity index is 2.02. The van der Waals surface area contributed by atoms with Gasteiger partial charge in [-0.1, -0.05) is 12.1 Å². The van der Waals surface area contributed by atoms with E-state index < -0.39 is 0 Å². The first-order valence-corrected chi connectivity index (χ1v) is 7.54. The van der Waals surface area contributed by atoms with Gasteiger partial charge in [-0.3, -0.25) is 0 Å². The van der Waals surface area contributed by atoms with Crippen LogP contribution in [0.5, 0.6) is 0 Å². The third-order valence-electron chi connectivity index (χ3n) is 2.77.